The summed E-state index contributed by atoms with van der Waals surface area (Å²) in [5, 5.41) is 2.71. The molecule has 7 N–H and O–H groups in total. The number of fused-ring (bicyclic) bond motifs is 2. The van der Waals surface area contributed by atoms with Gasteiger partial charge >= 0.3 is 0 Å². The standard InChI is InChI=1S/C23H21N3O8S2/c1-11-8-12(6-7-24)21(17(9-11)36(32,33)34)26-15-10-16(35(29,30)31)20(25)19-18(15)22(27)13-4-2-3-5-14(13)23(19)28/h2-5,8-10,26H,6-7,24-25H2,1H3,(H,29,30,31)(H,32,33,34). The molecule has 0 aromatic heterocycles. The van der Waals surface area contributed by atoms with E-state index in [4.69, 9.17) is 11.5 Å². The number of aryl methyl sites for hydroxylation is 1. The van der Waals surface area contributed by atoms with Crippen molar-refractivity contribution in [1.82, 2.24) is 0 Å². The molecule has 0 heterocycles. The number of benzene rings is 3. The first-order valence-corrected chi connectivity index (χ1v) is 13.3. The molecule has 0 amide bonds. The molecule has 0 radical (unpaired) electrons. The lowest BCUT2D eigenvalue weighted by Crippen LogP contribution is -2.25. The molecule has 0 unspecified atom stereocenters. The Morgan fingerprint density at radius 1 is 0.861 bits per heavy atom. The van der Waals surface area contributed by atoms with E-state index in [1.54, 1.807) is 13.0 Å². The van der Waals surface area contributed by atoms with Crippen molar-refractivity contribution >= 4 is 48.9 Å². The van der Waals surface area contributed by atoms with Crippen molar-refractivity contribution in [2.75, 3.05) is 17.6 Å². The molecule has 36 heavy (non-hydrogen) atoms. The fraction of sp³-hybridized carbons (Fsp3) is 0.130. The maximum atomic E-state index is 13.5. The van der Waals surface area contributed by atoms with Crippen LogP contribution in [0.4, 0.5) is 17.1 Å². The number of anilines is 3. The molecule has 4 rings (SSSR count). The van der Waals surface area contributed by atoms with Gasteiger partial charge in [-0.15, -0.1) is 0 Å². The summed E-state index contributed by atoms with van der Waals surface area (Å²) in [5.41, 5.74) is 10.6. The molecule has 1 aliphatic carbocycles. The van der Waals surface area contributed by atoms with Gasteiger partial charge < -0.3 is 16.8 Å². The van der Waals surface area contributed by atoms with E-state index in [2.05, 4.69) is 5.32 Å². The normalized spacial score (nSPS) is 13.3. The van der Waals surface area contributed by atoms with Gasteiger partial charge in [0.2, 0.25) is 0 Å². The van der Waals surface area contributed by atoms with Crippen LogP contribution < -0.4 is 16.8 Å². The van der Waals surface area contributed by atoms with Gasteiger partial charge in [0.15, 0.2) is 11.6 Å². The van der Waals surface area contributed by atoms with E-state index in [0.29, 0.717) is 11.1 Å². The van der Waals surface area contributed by atoms with Crippen molar-refractivity contribution in [1.29, 1.82) is 0 Å². The Kier molecular flexibility index (Phi) is 6.22. The van der Waals surface area contributed by atoms with Crippen LogP contribution in [0.3, 0.4) is 0 Å². The topological polar surface area (TPSA) is 207 Å². The number of rotatable bonds is 6. The Hall–Kier alpha value is -3.62. The van der Waals surface area contributed by atoms with Gasteiger partial charge in [-0.05, 0) is 43.1 Å². The van der Waals surface area contributed by atoms with Crippen LogP contribution in [0, 0.1) is 6.92 Å². The molecule has 3 aromatic carbocycles. The average molecular weight is 532 g/mol. The molecule has 11 nitrogen and oxygen atoms in total. The largest absolute Gasteiger partial charge is 0.397 e. The highest BCUT2D eigenvalue weighted by molar-refractivity contribution is 7.86. The summed E-state index contributed by atoms with van der Waals surface area (Å²) in [6.45, 7) is 1.68. The lowest BCUT2D eigenvalue weighted by molar-refractivity contribution is 0.0980. The second kappa shape index (κ2) is 8.80. The van der Waals surface area contributed by atoms with E-state index in [1.807, 2.05) is 0 Å². The molecule has 0 saturated heterocycles. The first-order chi connectivity index (χ1) is 16.8. The Bertz CT molecular complexity index is 1680. The fourth-order valence-corrected chi connectivity index (χ4v) is 5.69. The summed E-state index contributed by atoms with van der Waals surface area (Å²) >= 11 is 0. The summed E-state index contributed by atoms with van der Waals surface area (Å²) in [5.74, 6) is -1.44. The highest BCUT2D eigenvalue weighted by atomic mass is 32.2. The Morgan fingerprint density at radius 2 is 1.42 bits per heavy atom. The van der Waals surface area contributed by atoms with Gasteiger partial charge in [0.05, 0.1) is 28.2 Å². The third-order valence-corrected chi connectivity index (χ3v) is 7.53. The Labute approximate surface area is 206 Å². The van der Waals surface area contributed by atoms with Crippen molar-refractivity contribution in [3.05, 3.63) is 75.8 Å². The third kappa shape index (κ3) is 4.27. The summed E-state index contributed by atoms with van der Waals surface area (Å²) in [6, 6.07) is 9.44. The van der Waals surface area contributed by atoms with E-state index in [9.17, 15) is 35.5 Å². The van der Waals surface area contributed by atoms with Gasteiger partial charge in [-0.25, -0.2) is 0 Å². The number of nitrogens with two attached hydrogens (primary N) is 2. The summed E-state index contributed by atoms with van der Waals surface area (Å²) in [7, 11) is -9.79. The lowest BCUT2D eigenvalue weighted by atomic mass is 9.82. The van der Waals surface area contributed by atoms with Crippen LogP contribution in [0.15, 0.2) is 52.3 Å². The monoisotopic (exact) mass is 531 g/mol. The van der Waals surface area contributed by atoms with Gasteiger partial charge in [0.25, 0.3) is 20.2 Å². The molecule has 0 bridgehead atoms. The van der Waals surface area contributed by atoms with Crippen molar-refractivity contribution in [2.45, 2.75) is 23.1 Å². The maximum Gasteiger partial charge on any atom is 0.296 e. The zero-order valence-corrected chi connectivity index (χ0v) is 20.4. The molecular weight excluding hydrogens is 510 g/mol. The summed E-state index contributed by atoms with van der Waals surface area (Å²) < 4.78 is 68.3. The smallest absolute Gasteiger partial charge is 0.296 e. The van der Waals surface area contributed by atoms with Gasteiger partial charge in [-0.2, -0.15) is 16.8 Å². The minimum absolute atomic E-state index is 0.0158. The number of carbonyl (C=O) groups is 2. The average Bonchev–Trinajstić information content (AvgIpc) is 2.78. The minimum Gasteiger partial charge on any atom is -0.397 e. The SMILES string of the molecule is Cc1cc(CCN)c(Nc2cc(S(=O)(=O)O)c(N)c3c2C(=O)c2ccccc2C3=O)c(S(=O)(=O)O)c1. The number of hydrogen-bond donors (Lipinski definition) is 5. The predicted octanol–water partition coefficient (Wildman–Crippen LogP) is 2.09. The van der Waals surface area contributed by atoms with Crippen LogP contribution in [0.25, 0.3) is 0 Å². The zero-order chi connectivity index (χ0) is 26.6. The highest BCUT2D eigenvalue weighted by Crippen LogP contribution is 2.41. The van der Waals surface area contributed by atoms with Crippen molar-refractivity contribution in [2.24, 2.45) is 5.73 Å². The molecule has 1 aliphatic rings. The summed E-state index contributed by atoms with van der Waals surface area (Å²) in [4.78, 5) is 25.4. The first kappa shape index (κ1) is 25.5. The van der Waals surface area contributed by atoms with Crippen LogP contribution in [-0.4, -0.2) is 44.1 Å². The van der Waals surface area contributed by atoms with Gasteiger partial charge in [-0.1, -0.05) is 30.3 Å². The predicted molar refractivity (Wildman–Crippen MR) is 131 cm³/mol. The molecule has 3 aromatic rings. The number of carbonyl (C=O) groups excluding carboxylic acids is 2. The molecule has 0 fully saturated rings. The van der Waals surface area contributed by atoms with Crippen molar-refractivity contribution in [3.8, 4) is 0 Å². The lowest BCUT2D eigenvalue weighted by Gasteiger charge is -2.25. The fourth-order valence-electron chi connectivity index (χ4n) is 4.26. The van der Waals surface area contributed by atoms with Crippen LogP contribution in [0.5, 0.6) is 0 Å². The molecular formula is C23H21N3O8S2. The molecule has 13 heteroatoms. The summed E-state index contributed by atoms with van der Waals surface area (Å²) in [6.07, 6.45) is 0.143. The molecule has 188 valence electrons. The Morgan fingerprint density at radius 3 is 1.94 bits per heavy atom. The van der Waals surface area contributed by atoms with Gasteiger partial charge in [0.1, 0.15) is 9.79 Å². The van der Waals surface area contributed by atoms with E-state index >= 15 is 0 Å². The number of nitrogen functional groups attached to an aromatic ring is 1. The van der Waals surface area contributed by atoms with E-state index < -0.39 is 52.8 Å². The number of hydrogen-bond acceptors (Lipinski definition) is 9. The highest BCUT2D eigenvalue weighted by Gasteiger charge is 2.37. The minimum atomic E-state index is -4.98. The van der Waals surface area contributed by atoms with Crippen molar-refractivity contribution < 1.29 is 35.5 Å². The second-order valence-corrected chi connectivity index (χ2v) is 11.0. The quantitative estimate of drug-likeness (QED) is 0.180. The van der Waals surface area contributed by atoms with Gasteiger partial charge in [-0.3, -0.25) is 18.7 Å². The van der Waals surface area contributed by atoms with Gasteiger partial charge in [0, 0.05) is 11.1 Å². The maximum absolute atomic E-state index is 13.5. The van der Waals surface area contributed by atoms with Crippen LogP contribution in [-0.2, 0) is 26.7 Å². The van der Waals surface area contributed by atoms with E-state index in [0.717, 1.165) is 6.07 Å². The first-order valence-electron chi connectivity index (χ1n) is 10.5. The van der Waals surface area contributed by atoms with Crippen LogP contribution >= 0.6 is 0 Å². The zero-order valence-electron chi connectivity index (χ0n) is 18.8. The van der Waals surface area contributed by atoms with E-state index in [1.165, 1.54) is 30.3 Å². The second-order valence-electron chi connectivity index (χ2n) is 8.20. The molecule has 0 spiro atoms. The molecule has 0 atom stereocenters. The van der Waals surface area contributed by atoms with E-state index in [-0.39, 0.29) is 41.0 Å². The van der Waals surface area contributed by atoms with Crippen LogP contribution in [0.1, 0.15) is 43.0 Å². The molecule has 0 saturated carbocycles. The number of nitrogens with one attached hydrogen (secondary N) is 1. The number of ketones is 2. The third-order valence-electron chi connectivity index (χ3n) is 5.76. The molecule has 0 aliphatic heterocycles. The van der Waals surface area contributed by atoms with Crippen molar-refractivity contribution in [3.63, 3.8) is 0 Å². The van der Waals surface area contributed by atoms with Crippen LogP contribution in [0.2, 0.25) is 0 Å². The Balaban J connectivity index is 2.09.